The molecule has 7 heteroatoms. The summed E-state index contributed by atoms with van der Waals surface area (Å²) in [5.41, 5.74) is 4.62. The van der Waals surface area contributed by atoms with Gasteiger partial charge in [-0.05, 0) is 37.5 Å². The molecule has 2 aliphatic rings. The third-order valence-corrected chi connectivity index (χ3v) is 5.92. The van der Waals surface area contributed by atoms with Crippen LogP contribution >= 0.6 is 0 Å². The summed E-state index contributed by atoms with van der Waals surface area (Å²) in [7, 11) is 1.65. The highest BCUT2D eigenvalue weighted by molar-refractivity contribution is 5.86. The Labute approximate surface area is 164 Å². The first-order chi connectivity index (χ1) is 13.8. The molecule has 146 valence electrons. The number of benzene rings is 1. The lowest BCUT2D eigenvalue weighted by Gasteiger charge is -2.36. The van der Waals surface area contributed by atoms with Gasteiger partial charge in [0.2, 0.25) is 5.88 Å². The molecule has 3 aromatic rings. The van der Waals surface area contributed by atoms with E-state index in [0.29, 0.717) is 5.88 Å². The van der Waals surface area contributed by atoms with Gasteiger partial charge in [0.15, 0.2) is 0 Å². The predicted octanol–water partition coefficient (Wildman–Crippen LogP) is 2.83. The van der Waals surface area contributed by atoms with Gasteiger partial charge in [0.05, 0.1) is 18.0 Å². The van der Waals surface area contributed by atoms with Gasteiger partial charge >= 0.3 is 0 Å². The van der Waals surface area contributed by atoms with Crippen molar-refractivity contribution in [3.05, 3.63) is 41.5 Å². The maximum absolute atomic E-state index is 5.57. The highest BCUT2D eigenvalue weighted by atomic mass is 16.5. The van der Waals surface area contributed by atoms with Gasteiger partial charge < -0.3 is 14.2 Å². The number of aromatic nitrogens is 3. The van der Waals surface area contributed by atoms with E-state index in [1.807, 2.05) is 6.07 Å². The summed E-state index contributed by atoms with van der Waals surface area (Å²) in [6.45, 7) is 4.90. The second-order valence-corrected chi connectivity index (χ2v) is 7.59. The van der Waals surface area contributed by atoms with Crippen molar-refractivity contribution >= 4 is 16.6 Å². The molecule has 1 fully saturated rings. The molecule has 1 saturated heterocycles. The number of ether oxygens (including phenoxy) is 1. The monoisotopic (exact) mass is 379 g/mol. The summed E-state index contributed by atoms with van der Waals surface area (Å²) in [5, 5.41) is 5.32. The largest absolute Gasteiger partial charge is 0.480 e. The number of fused-ring (bicyclic) bond motifs is 2. The fourth-order valence-corrected chi connectivity index (χ4v) is 4.33. The molecule has 0 bridgehead atoms. The van der Waals surface area contributed by atoms with Crippen molar-refractivity contribution in [2.24, 2.45) is 0 Å². The van der Waals surface area contributed by atoms with E-state index in [-0.39, 0.29) is 0 Å². The molecular weight excluding hydrogens is 354 g/mol. The molecule has 0 atom stereocenters. The van der Waals surface area contributed by atoms with Crippen LogP contribution < -0.4 is 9.64 Å². The number of nitrogens with zero attached hydrogens (tertiary/aromatic N) is 5. The zero-order valence-electron chi connectivity index (χ0n) is 16.2. The van der Waals surface area contributed by atoms with Crippen LogP contribution in [0, 0.1) is 0 Å². The predicted molar refractivity (Wildman–Crippen MR) is 107 cm³/mol. The van der Waals surface area contributed by atoms with Crippen molar-refractivity contribution in [2.75, 3.05) is 38.2 Å². The van der Waals surface area contributed by atoms with Crippen LogP contribution in [0.4, 0.5) is 5.69 Å². The zero-order valence-corrected chi connectivity index (χ0v) is 16.2. The number of hydrogen-bond donors (Lipinski definition) is 0. The fraction of sp³-hybridized carbons (Fsp3) is 0.476. The minimum absolute atomic E-state index is 0.626. The Bertz CT molecular complexity index is 978. The molecular formula is C21H25N5O2. The first-order valence-corrected chi connectivity index (χ1v) is 10.0. The van der Waals surface area contributed by atoms with Crippen molar-refractivity contribution in [1.82, 2.24) is 20.0 Å². The number of piperazine rings is 1. The highest BCUT2D eigenvalue weighted by Crippen LogP contribution is 2.28. The molecule has 0 amide bonds. The van der Waals surface area contributed by atoms with Crippen molar-refractivity contribution in [3.8, 4) is 5.88 Å². The molecule has 28 heavy (non-hydrogen) atoms. The maximum atomic E-state index is 5.57. The summed E-state index contributed by atoms with van der Waals surface area (Å²) in [6.07, 6.45) is 6.19. The Balaban J connectivity index is 1.27. The van der Waals surface area contributed by atoms with E-state index in [1.165, 1.54) is 24.1 Å². The van der Waals surface area contributed by atoms with Crippen LogP contribution in [0.1, 0.15) is 29.9 Å². The van der Waals surface area contributed by atoms with Crippen LogP contribution in [-0.4, -0.2) is 53.3 Å². The number of methoxy groups -OCH3 is 1. The Kier molecular flexibility index (Phi) is 4.60. The van der Waals surface area contributed by atoms with E-state index in [1.54, 1.807) is 13.4 Å². The molecule has 0 saturated carbocycles. The second kappa shape index (κ2) is 7.39. The Morgan fingerprint density at radius 3 is 2.79 bits per heavy atom. The van der Waals surface area contributed by atoms with Gasteiger partial charge in [0.1, 0.15) is 17.8 Å². The average molecular weight is 379 g/mol. The maximum Gasteiger partial charge on any atom is 0.224 e. The lowest BCUT2D eigenvalue weighted by Crippen LogP contribution is -2.46. The molecule has 3 heterocycles. The summed E-state index contributed by atoms with van der Waals surface area (Å²) >= 11 is 0. The van der Waals surface area contributed by atoms with E-state index in [0.717, 1.165) is 67.9 Å². The van der Waals surface area contributed by atoms with Crippen molar-refractivity contribution in [3.63, 3.8) is 0 Å². The molecule has 1 aromatic carbocycles. The number of aryl methyl sites for hydroxylation is 1. The summed E-state index contributed by atoms with van der Waals surface area (Å²) in [4.78, 5) is 13.5. The summed E-state index contributed by atoms with van der Waals surface area (Å²) in [6, 6.07) is 6.32. The third kappa shape index (κ3) is 3.20. The average Bonchev–Trinajstić information content (AvgIpc) is 3.16. The van der Waals surface area contributed by atoms with E-state index in [2.05, 4.69) is 37.1 Å². The smallest absolute Gasteiger partial charge is 0.224 e. The molecule has 7 nitrogen and oxygen atoms in total. The topological polar surface area (TPSA) is 67.5 Å². The van der Waals surface area contributed by atoms with Crippen molar-refractivity contribution in [1.29, 1.82) is 0 Å². The quantitative estimate of drug-likeness (QED) is 0.690. The molecule has 2 aromatic heterocycles. The molecule has 0 unspecified atom stereocenters. The van der Waals surface area contributed by atoms with Crippen LogP contribution in [0.5, 0.6) is 5.88 Å². The Morgan fingerprint density at radius 2 is 1.93 bits per heavy atom. The SMILES string of the molecule is COc1ncnc2ccc(N3CCN(Cc4noc5c4CCCC5)CC3)cc12. The van der Waals surface area contributed by atoms with Gasteiger partial charge in [-0.25, -0.2) is 9.97 Å². The standard InChI is InChI=1S/C21H25N5O2/c1-27-21-17-12-15(6-7-18(17)22-14-23-21)26-10-8-25(9-11-26)13-19-16-4-2-3-5-20(16)28-24-19/h6-7,12,14H,2-5,8-11,13H2,1H3. The normalized spacial score (nSPS) is 17.7. The molecule has 0 spiro atoms. The minimum atomic E-state index is 0.626. The number of rotatable bonds is 4. The molecule has 0 N–H and O–H groups in total. The lowest BCUT2D eigenvalue weighted by molar-refractivity contribution is 0.241. The van der Waals surface area contributed by atoms with E-state index >= 15 is 0 Å². The zero-order chi connectivity index (χ0) is 18.9. The lowest BCUT2D eigenvalue weighted by atomic mass is 9.96. The van der Waals surface area contributed by atoms with Gasteiger partial charge in [-0.3, -0.25) is 4.90 Å². The second-order valence-electron chi connectivity index (χ2n) is 7.59. The van der Waals surface area contributed by atoms with Gasteiger partial charge in [-0.2, -0.15) is 0 Å². The molecule has 5 rings (SSSR count). The molecule has 0 radical (unpaired) electrons. The number of anilines is 1. The van der Waals surface area contributed by atoms with Crippen LogP contribution in [0.25, 0.3) is 10.9 Å². The van der Waals surface area contributed by atoms with Crippen LogP contribution in [0.15, 0.2) is 29.0 Å². The van der Waals surface area contributed by atoms with Gasteiger partial charge in [-0.1, -0.05) is 5.16 Å². The van der Waals surface area contributed by atoms with Crippen LogP contribution in [0.3, 0.4) is 0 Å². The van der Waals surface area contributed by atoms with Gasteiger partial charge in [0.25, 0.3) is 0 Å². The van der Waals surface area contributed by atoms with Crippen molar-refractivity contribution < 1.29 is 9.26 Å². The van der Waals surface area contributed by atoms with Gasteiger partial charge in [-0.15, -0.1) is 0 Å². The first kappa shape index (κ1) is 17.4. The molecule has 1 aliphatic heterocycles. The van der Waals surface area contributed by atoms with E-state index in [9.17, 15) is 0 Å². The van der Waals surface area contributed by atoms with Crippen LogP contribution in [0.2, 0.25) is 0 Å². The minimum Gasteiger partial charge on any atom is -0.480 e. The van der Waals surface area contributed by atoms with Crippen LogP contribution in [-0.2, 0) is 19.4 Å². The number of hydrogen-bond acceptors (Lipinski definition) is 7. The first-order valence-electron chi connectivity index (χ1n) is 10.0. The van der Waals surface area contributed by atoms with Crippen molar-refractivity contribution in [2.45, 2.75) is 32.2 Å². The summed E-state index contributed by atoms with van der Waals surface area (Å²) < 4.78 is 11.0. The van der Waals surface area contributed by atoms with E-state index in [4.69, 9.17) is 9.26 Å². The Morgan fingerprint density at radius 1 is 1.07 bits per heavy atom. The van der Waals surface area contributed by atoms with E-state index < -0.39 is 0 Å². The molecule has 1 aliphatic carbocycles. The Hall–Kier alpha value is -2.67. The van der Waals surface area contributed by atoms with Gasteiger partial charge in [0, 0.05) is 50.4 Å². The highest BCUT2D eigenvalue weighted by Gasteiger charge is 2.23. The fourth-order valence-electron chi connectivity index (χ4n) is 4.33. The summed E-state index contributed by atoms with van der Waals surface area (Å²) in [5.74, 6) is 1.74. The third-order valence-electron chi connectivity index (χ3n) is 5.92.